The molecule has 0 saturated heterocycles. The van der Waals surface area contributed by atoms with Gasteiger partial charge in [0.1, 0.15) is 5.58 Å². The summed E-state index contributed by atoms with van der Waals surface area (Å²) in [5.41, 5.74) is 21.2. The first-order valence-electron chi connectivity index (χ1n) is 29.3. The van der Waals surface area contributed by atoms with Gasteiger partial charge in [-0.1, -0.05) is 175 Å². The summed E-state index contributed by atoms with van der Waals surface area (Å²) in [6, 6.07) is 62.2. The van der Waals surface area contributed by atoms with E-state index in [1.54, 1.807) is 11.1 Å². The molecule has 0 atom stereocenters. The summed E-state index contributed by atoms with van der Waals surface area (Å²) >= 11 is 0. The average molecular weight is 985 g/mol. The lowest BCUT2D eigenvalue weighted by Gasteiger charge is -2.46. The first kappa shape index (κ1) is 44.1. The number of hydrogen-bond acceptors (Lipinski definition) is 2. The van der Waals surface area contributed by atoms with Gasteiger partial charge in [0.05, 0.1) is 11.4 Å². The number of fused-ring (bicyclic) bond motifs is 18. The van der Waals surface area contributed by atoms with Crippen molar-refractivity contribution in [3.8, 4) is 22.3 Å². The molecular weight excluding hydrogens is 920 g/mol. The molecule has 4 heterocycles. The second-order valence-corrected chi connectivity index (χ2v) is 26.0. The lowest BCUT2D eigenvalue weighted by atomic mass is 9.44. The van der Waals surface area contributed by atoms with Crippen molar-refractivity contribution >= 4 is 100 Å². The van der Waals surface area contributed by atoms with E-state index in [4.69, 9.17) is 4.42 Å². The van der Waals surface area contributed by atoms with Crippen molar-refractivity contribution in [3.63, 3.8) is 0 Å². The Morgan fingerprint density at radius 2 is 1.20 bits per heavy atom. The Morgan fingerprint density at radius 1 is 0.526 bits per heavy atom. The zero-order chi connectivity index (χ0) is 50.2. The normalized spacial score (nSPS) is 22.8. The third-order valence-corrected chi connectivity index (χ3v) is 20.9. The molecule has 4 fully saturated rings. The molecule has 9 aromatic carbocycles. The summed E-state index contributed by atoms with van der Waals surface area (Å²) < 4.78 is 10.3. The maximum Gasteiger partial charge on any atom is 0.333 e. The van der Waals surface area contributed by atoms with E-state index < -0.39 is 0 Å². The van der Waals surface area contributed by atoms with Gasteiger partial charge in [-0.25, -0.2) is 0 Å². The first-order valence-corrected chi connectivity index (χ1v) is 29.3. The van der Waals surface area contributed by atoms with Gasteiger partial charge in [-0.2, -0.15) is 0 Å². The zero-order valence-electron chi connectivity index (χ0n) is 44.4. The van der Waals surface area contributed by atoms with Gasteiger partial charge < -0.3 is 13.8 Å². The Kier molecular flexibility index (Phi) is 9.16. The van der Waals surface area contributed by atoms with Crippen LogP contribution in [0.3, 0.4) is 0 Å². The van der Waals surface area contributed by atoms with Gasteiger partial charge in [0.15, 0.2) is 5.58 Å². The van der Waals surface area contributed by atoms with E-state index in [9.17, 15) is 0 Å². The Labute approximate surface area is 447 Å². The monoisotopic (exact) mass is 985 g/mol. The largest absolute Gasteiger partial charge is 0.454 e. The highest BCUT2D eigenvalue weighted by Crippen LogP contribution is 2.57. The van der Waals surface area contributed by atoms with Crippen molar-refractivity contribution in [2.24, 2.45) is 11.8 Å². The molecular formula is C72H65BN2O. The highest BCUT2D eigenvalue weighted by molar-refractivity contribution is 6.90. The molecule has 6 aliphatic rings. The smallest absolute Gasteiger partial charge is 0.333 e. The molecule has 2 aromatic heterocycles. The fourth-order valence-electron chi connectivity index (χ4n) is 17.4. The van der Waals surface area contributed by atoms with Gasteiger partial charge in [0, 0.05) is 49.4 Å². The molecule has 2 aliphatic heterocycles. The van der Waals surface area contributed by atoms with Crippen LogP contribution in [0.5, 0.6) is 0 Å². The van der Waals surface area contributed by atoms with E-state index in [1.165, 1.54) is 183 Å². The Balaban J connectivity index is 1.03. The number of benzene rings is 9. The van der Waals surface area contributed by atoms with Crippen LogP contribution < -0.4 is 15.8 Å². The Morgan fingerprint density at radius 3 is 1.93 bits per heavy atom. The van der Waals surface area contributed by atoms with Crippen molar-refractivity contribution < 1.29 is 4.42 Å². The molecule has 4 saturated carbocycles. The molecule has 0 radical (unpaired) electrons. The fraction of sp³-hybridized carbons (Fsp3) is 0.306. The minimum Gasteiger partial charge on any atom is -0.454 e. The Bertz CT molecular complexity index is 4260. The van der Waals surface area contributed by atoms with Gasteiger partial charge in [-0.05, 0) is 181 Å². The lowest BCUT2D eigenvalue weighted by molar-refractivity contribution is 0.149. The summed E-state index contributed by atoms with van der Waals surface area (Å²) in [6.45, 7) is 6.93. The standard InChI is InChI=1S/C72H65BN2O/c1-70(2,3)50-25-29-61(55(38-50)46-19-5-4-6-20-46)74-63-36-49-23-9-10-24-53(49)65-59-41-52(72-33-13-17-45(43-72)18-14-34-72)40-58-56-39-51(71-31-11-15-44(42-71)16-12-32-71)26-30-62(56)75(67(58)59)73(66(63)65)60-28-27-54-57-35-47-21-7-8-22-48(47)37-64(57)76-69(54)68(60)74/h4-10,19-30,35-41,44-45H,11-18,31-34,42-43H2,1-3H3. The van der Waals surface area contributed by atoms with Crippen LogP contribution in [-0.4, -0.2) is 11.3 Å². The fourth-order valence-corrected chi connectivity index (χ4v) is 17.4. The number of nitrogens with zero attached hydrogens (tertiary/aromatic N) is 2. The molecule has 0 amide bonds. The molecule has 0 N–H and O–H groups in total. The van der Waals surface area contributed by atoms with Crippen molar-refractivity contribution in [2.45, 2.75) is 127 Å². The van der Waals surface area contributed by atoms with Crippen LogP contribution in [0.1, 0.15) is 127 Å². The number of rotatable bonds is 4. The minimum absolute atomic E-state index is 0.0449. The van der Waals surface area contributed by atoms with Gasteiger partial charge in [0.25, 0.3) is 0 Å². The lowest BCUT2D eigenvalue weighted by Crippen LogP contribution is -2.56. The highest BCUT2D eigenvalue weighted by atomic mass is 16.3. The van der Waals surface area contributed by atoms with Crippen LogP contribution in [0.2, 0.25) is 0 Å². The molecule has 0 unspecified atom stereocenters. The SMILES string of the molecule is CC(C)(C)c1ccc(N2c3cc4ccccc4c4c3B(c3ccc5c(oc6cc7ccccc7cc65)c32)n2c3ccc(C56CCCC(CCC5)C6)cc3c3cc(C56CCCC(CCC5)C6)cc-4c32)c(-c2ccccc2)c1. The topological polar surface area (TPSA) is 21.3 Å². The van der Waals surface area contributed by atoms with E-state index in [0.717, 1.165) is 39.5 Å². The molecule has 17 rings (SSSR count). The van der Waals surface area contributed by atoms with Crippen molar-refractivity contribution in [1.82, 2.24) is 4.48 Å². The summed E-state index contributed by atoms with van der Waals surface area (Å²) in [6.07, 6.45) is 19.0. The van der Waals surface area contributed by atoms with Crippen LogP contribution in [0.15, 0.2) is 162 Å². The third kappa shape index (κ3) is 6.13. The number of aromatic nitrogens is 1. The van der Waals surface area contributed by atoms with Crippen LogP contribution in [-0.2, 0) is 16.2 Å². The molecule has 0 spiro atoms. The highest BCUT2D eigenvalue weighted by Gasteiger charge is 2.48. The predicted octanol–water partition coefficient (Wildman–Crippen LogP) is 18.6. The minimum atomic E-state index is -0.102. The van der Waals surface area contributed by atoms with Crippen molar-refractivity contribution in [2.75, 3.05) is 4.90 Å². The zero-order valence-corrected chi connectivity index (χ0v) is 44.4. The van der Waals surface area contributed by atoms with Crippen LogP contribution in [0.4, 0.5) is 17.1 Å². The van der Waals surface area contributed by atoms with Crippen LogP contribution in [0, 0.1) is 11.8 Å². The van der Waals surface area contributed by atoms with Gasteiger partial charge >= 0.3 is 6.85 Å². The molecule has 11 aromatic rings. The van der Waals surface area contributed by atoms with Crippen LogP contribution >= 0.6 is 0 Å². The predicted molar refractivity (Wildman–Crippen MR) is 321 cm³/mol. The van der Waals surface area contributed by atoms with Gasteiger partial charge in [-0.3, -0.25) is 0 Å². The maximum atomic E-state index is 7.48. The average Bonchev–Trinajstić information content (AvgIpc) is 4.17. The number of anilines is 3. The summed E-state index contributed by atoms with van der Waals surface area (Å²) in [4.78, 5) is 2.67. The summed E-state index contributed by atoms with van der Waals surface area (Å²) in [5, 5.41) is 10.3. The van der Waals surface area contributed by atoms with E-state index >= 15 is 0 Å². The third-order valence-electron chi connectivity index (χ3n) is 20.9. The van der Waals surface area contributed by atoms with Gasteiger partial charge in [0.2, 0.25) is 0 Å². The molecule has 76 heavy (non-hydrogen) atoms. The molecule has 3 nitrogen and oxygen atoms in total. The second kappa shape index (κ2) is 15.8. The first-order chi connectivity index (χ1) is 37.2. The van der Waals surface area contributed by atoms with Crippen molar-refractivity contribution in [1.29, 1.82) is 0 Å². The van der Waals surface area contributed by atoms with E-state index in [1.807, 2.05) is 0 Å². The molecule has 4 bridgehead atoms. The van der Waals surface area contributed by atoms with Crippen molar-refractivity contribution in [3.05, 3.63) is 174 Å². The Hall–Kier alpha value is -7.04. The molecule has 4 aliphatic carbocycles. The summed E-state index contributed by atoms with van der Waals surface area (Å²) in [7, 11) is 0. The van der Waals surface area contributed by atoms with E-state index in [2.05, 4.69) is 188 Å². The maximum absolute atomic E-state index is 7.48. The van der Waals surface area contributed by atoms with Gasteiger partial charge in [-0.15, -0.1) is 0 Å². The number of furan rings is 1. The molecule has 372 valence electrons. The molecule has 4 heteroatoms. The second-order valence-electron chi connectivity index (χ2n) is 26.0. The van der Waals surface area contributed by atoms with E-state index in [-0.39, 0.29) is 23.1 Å². The van der Waals surface area contributed by atoms with E-state index in [0.29, 0.717) is 0 Å². The number of hydrogen-bond donors (Lipinski definition) is 0. The quantitative estimate of drug-likeness (QED) is 0.164. The summed E-state index contributed by atoms with van der Waals surface area (Å²) in [5.74, 6) is 1.71. The van der Waals surface area contributed by atoms with Crippen LogP contribution in [0.25, 0.3) is 87.5 Å².